The van der Waals surface area contributed by atoms with Crippen LogP contribution in [0.1, 0.15) is 81.6 Å². The van der Waals surface area contributed by atoms with Crippen LogP contribution in [0, 0.1) is 33.1 Å². The van der Waals surface area contributed by atoms with Crippen LogP contribution < -0.4 is 10.7 Å². The van der Waals surface area contributed by atoms with E-state index in [1.54, 1.807) is 0 Å². The summed E-state index contributed by atoms with van der Waals surface area (Å²) < 4.78 is 0. The Balaban J connectivity index is 1.57. The maximum atomic E-state index is 4.87. The second-order valence-corrected chi connectivity index (χ2v) is 11.3. The highest BCUT2D eigenvalue weighted by molar-refractivity contribution is 6.23. The molecule has 0 bridgehead atoms. The van der Waals surface area contributed by atoms with Crippen molar-refractivity contribution in [1.29, 1.82) is 0 Å². The number of rotatable bonds is 3. The largest absolute Gasteiger partial charge is 0.355 e. The molecule has 2 N–H and O–H groups in total. The van der Waals surface area contributed by atoms with Crippen molar-refractivity contribution in [3.63, 3.8) is 0 Å². The predicted molar refractivity (Wildman–Crippen MR) is 163 cm³/mol. The molecule has 0 spiro atoms. The minimum absolute atomic E-state index is 0.143. The molecule has 1 unspecified atom stereocenters. The van der Waals surface area contributed by atoms with Gasteiger partial charge in [0.2, 0.25) is 0 Å². The number of allylic oxidation sites excluding steroid dienone is 6. The summed E-state index contributed by atoms with van der Waals surface area (Å²) in [7, 11) is 0. The van der Waals surface area contributed by atoms with E-state index in [1.165, 1.54) is 50.1 Å². The zero-order valence-corrected chi connectivity index (χ0v) is 24.6. The van der Waals surface area contributed by atoms with Crippen molar-refractivity contribution in [2.75, 3.05) is 0 Å². The number of nitrogens with one attached hydrogen (secondary N) is 2. The molecule has 1 atom stereocenters. The lowest BCUT2D eigenvalue weighted by Crippen LogP contribution is -2.23. The first-order chi connectivity index (χ1) is 18.0. The highest BCUT2D eigenvalue weighted by atomic mass is 14.8. The van der Waals surface area contributed by atoms with Crippen LogP contribution in [0.4, 0.5) is 0 Å². The summed E-state index contributed by atoms with van der Waals surface area (Å²) in [6, 6.07) is 0. The monoisotopic (exact) mass is 504 g/mol. The lowest BCUT2D eigenvalue weighted by Gasteiger charge is -2.33. The highest BCUT2D eigenvalue weighted by Gasteiger charge is 2.40. The molecule has 4 heterocycles. The molecule has 0 radical (unpaired) electrons. The molecule has 0 fully saturated rings. The van der Waals surface area contributed by atoms with E-state index in [-0.39, 0.29) is 5.41 Å². The third-order valence-corrected chi connectivity index (χ3v) is 9.43. The Hall–Kier alpha value is -3.66. The summed E-state index contributed by atoms with van der Waals surface area (Å²) in [6.07, 6.45) is 14.2. The van der Waals surface area contributed by atoms with E-state index in [4.69, 9.17) is 9.98 Å². The summed E-state index contributed by atoms with van der Waals surface area (Å²) in [5.41, 5.74) is 17.0. The minimum Gasteiger partial charge on any atom is -0.355 e. The van der Waals surface area contributed by atoms with Crippen LogP contribution in [-0.4, -0.2) is 21.9 Å². The van der Waals surface area contributed by atoms with Gasteiger partial charge in [0.05, 0.1) is 22.5 Å². The highest BCUT2D eigenvalue weighted by Crippen LogP contribution is 2.50. The zero-order valence-electron chi connectivity index (χ0n) is 24.6. The predicted octanol–water partition coefficient (Wildman–Crippen LogP) is 6.98. The number of aromatic amines is 2. The topological polar surface area (TPSA) is 56.3 Å². The molecule has 0 saturated heterocycles. The van der Waals surface area contributed by atoms with Crippen molar-refractivity contribution in [2.24, 2.45) is 15.4 Å². The first kappa shape index (κ1) is 26.0. The molecule has 196 valence electrons. The summed E-state index contributed by atoms with van der Waals surface area (Å²) in [5.74, 6) is 0. The Morgan fingerprint density at radius 2 is 1.42 bits per heavy atom. The lowest BCUT2D eigenvalue weighted by atomic mass is 9.70. The van der Waals surface area contributed by atoms with Gasteiger partial charge in [-0.25, -0.2) is 4.99 Å². The fraction of sp³-hybridized carbons (Fsp3) is 0.353. The molecule has 5 rings (SSSR count). The molecule has 2 aliphatic heterocycles. The quantitative estimate of drug-likeness (QED) is 0.424. The third kappa shape index (κ3) is 3.89. The fourth-order valence-corrected chi connectivity index (χ4v) is 5.81. The summed E-state index contributed by atoms with van der Waals surface area (Å²) in [4.78, 5) is 17.1. The minimum atomic E-state index is -0.143. The van der Waals surface area contributed by atoms with Gasteiger partial charge in [-0.1, -0.05) is 23.3 Å². The molecule has 3 aliphatic rings. The molecule has 0 amide bonds. The van der Waals surface area contributed by atoms with Crippen molar-refractivity contribution < 1.29 is 0 Å². The van der Waals surface area contributed by atoms with Crippen LogP contribution >= 0.6 is 0 Å². The second-order valence-electron chi connectivity index (χ2n) is 11.3. The van der Waals surface area contributed by atoms with Gasteiger partial charge >= 0.3 is 0 Å². The van der Waals surface area contributed by atoms with Crippen LogP contribution in [0.25, 0.3) is 18.2 Å². The number of hydrogen-bond acceptors (Lipinski definition) is 2. The van der Waals surface area contributed by atoms with Gasteiger partial charge in [0.15, 0.2) is 0 Å². The van der Waals surface area contributed by atoms with E-state index < -0.39 is 0 Å². The molecular formula is C34H40N4. The summed E-state index contributed by atoms with van der Waals surface area (Å²) in [6.45, 7) is 21.9. The second kappa shape index (κ2) is 9.27. The van der Waals surface area contributed by atoms with E-state index in [2.05, 4.69) is 109 Å². The number of fused-ring (bicyclic) bond motifs is 1. The zero-order chi connectivity index (χ0) is 27.5. The van der Waals surface area contributed by atoms with Gasteiger partial charge in [0.25, 0.3) is 0 Å². The molecule has 2 aromatic rings. The van der Waals surface area contributed by atoms with Crippen molar-refractivity contribution in [3.05, 3.63) is 95.8 Å². The molecule has 38 heavy (non-hydrogen) atoms. The number of hydrogen-bond donors (Lipinski definition) is 2. The van der Waals surface area contributed by atoms with Gasteiger partial charge in [-0.15, -0.1) is 0 Å². The first-order valence-electron chi connectivity index (χ1n) is 13.6. The van der Waals surface area contributed by atoms with Crippen molar-refractivity contribution in [2.45, 2.75) is 75.7 Å². The van der Waals surface area contributed by atoms with Gasteiger partial charge in [-0.3, -0.25) is 4.99 Å². The molecular weight excluding hydrogens is 464 g/mol. The third-order valence-electron chi connectivity index (χ3n) is 9.43. The summed E-state index contributed by atoms with van der Waals surface area (Å²) in [5, 5.41) is 2.24. The molecule has 2 aromatic heterocycles. The van der Waals surface area contributed by atoms with Crippen LogP contribution in [0.15, 0.2) is 61.4 Å². The molecule has 1 aliphatic carbocycles. The van der Waals surface area contributed by atoms with Gasteiger partial charge in [0.1, 0.15) is 0 Å². The van der Waals surface area contributed by atoms with Crippen molar-refractivity contribution in [1.82, 2.24) is 9.97 Å². The Bertz CT molecular complexity index is 1720. The number of aromatic nitrogens is 2. The van der Waals surface area contributed by atoms with E-state index in [0.717, 1.165) is 45.6 Å². The van der Waals surface area contributed by atoms with Gasteiger partial charge < -0.3 is 9.97 Å². The SMILES string of the molecule is C/C=C1N=C(/C=c2\[nH]/c(=C\c3[nH]c(/C=C4\N=CC5=CCC(C)=C(C)C54C)c(C)c3C)c(C)c2C)C(C)=C\1C. The average molecular weight is 505 g/mol. The van der Waals surface area contributed by atoms with E-state index in [9.17, 15) is 0 Å². The Labute approximate surface area is 226 Å². The first-order valence-corrected chi connectivity index (χ1v) is 13.6. The van der Waals surface area contributed by atoms with Gasteiger partial charge in [-0.2, -0.15) is 0 Å². The summed E-state index contributed by atoms with van der Waals surface area (Å²) >= 11 is 0. The van der Waals surface area contributed by atoms with Gasteiger partial charge in [0, 0.05) is 28.3 Å². The number of aliphatic imine (C=N–C) groups is 2. The van der Waals surface area contributed by atoms with E-state index in [1.807, 2.05) is 6.92 Å². The van der Waals surface area contributed by atoms with Crippen LogP contribution in [0.5, 0.6) is 0 Å². The average Bonchev–Trinajstić information content (AvgIpc) is 3.55. The van der Waals surface area contributed by atoms with Crippen LogP contribution in [-0.2, 0) is 0 Å². The number of nitrogens with zero attached hydrogens (tertiary/aromatic N) is 2. The van der Waals surface area contributed by atoms with Crippen molar-refractivity contribution >= 4 is 30.2 Å². The smallest absolute Gasteiger partial charge is 0.0690 e. The van der Waals surface area contributed by atoms with Gasteiger partial charge in [-0.05, 0) is 133 Å². The molecule has 0 aromatic carbocycles. The van der Waals surface area contributed by atoms with Crippen LogP contribution in [0.3, 0.4) is 0 Å². The van der Waals surface area contributed by atoms with E-state index >= 15 is 0 Å². The lowest BCUT2D eigenvalue weighted by molar-refractivity contribution is 0.589. The number of H-pyrrole nitrogens is 2. The normalized spacial score (nSPS) is 24.5. The Kier molecular flexibility index (Phi) is 6.33. The fourth-order valence-electron chi connectivity index (χ4n) is 5.81. The molecule has 4 heteroatoms. The molecule has 4 nitrogen and oxygen atoms in total. The maximum Gasteiger partial charge on any atom is 0.0690 e. The van der Waals surface area contributed by atoms with Crippen LogP contribution in [0.2, 0.25) is 0 Å². The van der Waals surface area contributed by atoms with Crippen molar-refractivity contribution in [3.8, 4) is 0 Å². The Morgan fingerprint density at radius 3 is 2.05 bits per heavy atom. The Morgan fingerprint density at radius 1 is 0.789 bits per heavy atom. The van der Waals surface area contributed by atoms with E-state index in [0.29, 0.717) is 0 Å². The standard InChI is InChI=1S/C34H40N4/c1-11-27-19(3)20(4)28(36-27)14-29-21(5)22(6)30(37-29)15-31-23(7)24(8)32(38-31)16-33-34(10)25(9)18(2)12-13-26(34)17-35-33/h11,13-17,37-38H,12H2,1-10H3/b27-11-,29-14-,30-15-,33-16-. The molecule has 0 saturated carbocycles. The maximum absolute atomic E-state index is 4.87.